The first kappa shape index (κ1) is 27.3. The number of rotatable bonds is 6. The van der Waals surface area contributed by atoms with Gasteiger partial charge in [0.05, 0.1) is 35.7 Å². The molecule has 0 amide bonds. The molecule has 2 heterocycles. The average Bonchev–Trinajstić information content (AvgIpc) is 3.10. The van der Waals surface area contributed by atoms with E-state index < -0.39 is 12.0 Å². The normalized spacial score (nSPS) is 15.7. The number of benzene rings is 2. The number of hydrogen-bond donors (Lipinski definition) is 0. The van der Waals surface area contributed by atoms with Crippen molar-refractivity contribution in [1.29, 1.82) is 0 Å². The molecule has 6 nitrogen and oxygen atoms in total. The second-order valence-corrected chi connectivity index (χ2v) is 12.0. The zero-order valence-electron chi connectivity index (χ0n) is 20.0. The summed E-state index contributed by atoms with van der Waals surface area (Å²) in [6.07, 6.45) is 1.91. The van der Waals surface area contributed by atoms with Crippen LogP contribution in [0.5, 0.6) is 5.75 Å². The summed E-state index contributed by atoms with van der Waals surface area (Å²) in [5, 5.41) is 0.457. The van der Waals surface area contributed by atoms with Gasteiger partial charge >= 0.3 is 5.97 Å². The number of hydrogen-bond acceptors (Lipinski definition) is 6. The average molecular weight is 749 g/mol. The molecule has 1 aliphatic rings. The predicted molar refractivity (Wildman–Crippen MR) is 159 cm³/mol. The number of nitrogens with zero attached hydrogens (tertiary/aromatic N) is 2. The van der Waals surface area contributed by atoms with E-state index in [0.717, 1.165) is 18.5 Å². The summed E-state index contributed by atoms with van der Waals surface area (Å²) in [6, 6.07) is 10.4. The summed E-state index contributed by atoms with van der Waals surface area (Å²) in [5.41, 5.74) is 2.09. The van der Waals surface area contributed by atoms with Crippen LogP contribution in [0.4, 0.5) is 0 Å². The van der Waals surface area contributed by atoms with Crippen molar-refractivity contribution >= 4 is 80.2 Å². The Morgan fingerprint density at radius 2 is 1.92 bits per heavy atom. The molecule has 0 saturated heterocycles. The molecule has 10 heteroatoms. The molecule has 0 N–H and O–H groups in total. The molecule has 0 saturated carbocycles. The summed E-state index contributed by atoms with van der Waals surface area (Å²) < 4.78 is 15.2. The number of carbonyl (C=O) groups excluding carboxylic acids is 1. The van der Waals surface area contributed by atoms with Crippen LogP contribution in [0, 0.1) is 7.14 Å². The van der Waals surface area contributed by atoms with Crippen LogP contribution in [0.1, 0.15) is 44.9 Å². The number of allylic oxidation sites excluding steroid dienone is 1. The van der Waals surface area contributed by atoms with Crippen molar-refractivity contribution in [2.45, 2.75) is 39.8 Å². The molecule has 0 radical (unpaired) electrons. The Labute approximate surface area is 245 Å². The maximum absolute atomic E-state index is 13.8. The molecule has 1 aromatic heterocycles. The Bertz CT molecular complexity index is 1540. The topological polar surface area (TPSA) is 69.9 Å². The minimum Gasteiger partial charge on any atom is -0.489 e. The van der Waals surface area contributed by atoms with Gasteiger partial charge in [-0.1, -0.05) is 41.1 Å². The first-order valence-corrected chi connectivity index (χ1v) is 14.6. The number of thiazole rings is 1. The summed E-state index contributed by atoms with van der Waals surface area (Å²) in [6.45, 7) is 7.69. The largest absolute Gasteiger partial charge is 0.489 e. The first-order valence-electron chi connectivity index (χ1n) is 11.2. The van der Waals surface area contributed by atoms with Crippen molar-refractivity contribution in [1.82, 2.24) is 4.57 Å². The molecular weight excluding hydrogens is 726 g/mol. The molecule has 188 valence electrons. The first-order chi connectivity index (χ1) is 17.1. The molecule has 36 heavy (non-hydrogen) atoms. The zero-order chi connectivity index (χ0) is 26.1. The van der Waals surface area contributed by atoms with Crippen molar-refractivity contribution in [3.63, 3.8) is 0 Å². The highest BCUT2D eigenvalue weighted by Crippen LogP contribution is 2.34. The molecule has 1 atom stereocenters. The molecule has 0 bridgehead atoms. The van der Waals surface area contributed by atoms with E-state index in [0.29, 0.717) is 31.2 Å². The lowest BCUT2D eigenvalue weighted by Gasteiger charge is -2.25. The predicted octanol–water partition coefficient (Wildman–Crippen LogP) is 5.45. The number of ether oxygens (including phenoxy) is 2. The Morgan fingerprint density at radius 1 is 1.25 bits per heavy atom. The van der Waals surface area contributed by atoms with Gasteiger partial charge in [-0.15, -0.1) is 0 Å². The number of fused-ring (bicyclic) bond motifs is 1. The van der Waals surface area contributed by atoms with Crippen molar-refractivity contribution < 1.29 is 14.3 Å². The highest BCUT2D eigenvalue weighted by atomic mass is 127. The van der Waals surface area contributed by atoms with E-state index in [1.807, 2.05) is 50.3 Å². The maximum Gasteiger partial charge on any atom is 0.338 e. The molecule has 2 aromatic carbocycles. The smallest absolute Gasteiger partial charge is 0.338 e. The van der Waals surface area contributed by atoms with Crippen molar-refractivity contribution in [3.05, 3.63) is 90.6 Å². The van der Waals surface area contributed by atoms with Crippen molar-refractivity contribution in [2.75, 3.05) is 6.61 Å². The van der Waals surface area contributed by atoms with Crippen molar-refractivity contribution in [3.8, 4) is 5.75 Å². The standard InChI is InChI=1S/C26H23ClI2N2O4S/c1-5-34-25(33)21-14(4)30-26-31(22(21)16-8-6-7-9-17(16)27)24(32)20(36-26)12-15-10-18(28)23(19(29)11-15)35-13(2)3/h6-13,22H,5H2,1-4H3/b20-12-/t22-/m1/s1. The van der Waals surface area contributed by atoms with Crippen LogP contribution in [0.15, 0.2) is 57.5 Å². The SMILES string of the molecule is CCOC(=O)C1=C(C)N=c2s/c(=C\c3cc(I)c(OC(C)C)c(I)c3)c(=O)n2[C@@H]1c1ccccc1Cl. The fourth-order valence-electron chi connectivity index (χ4n) is 3.95. The Morgan fingerprint density at radius 3 is 2.53 bits per heavy atom. The van der Waals surface area contributed by atoms with Gasteiger partial charge in [-0.3, -0.25) is 9.36 Å². The van der Waals surface area contributed by atoms with Gasteiger partial charge in [0.2, 0.25) is 0 Å². The van der Waals surface area contributed by atoms with E-state index in [-0.39, 0.29) is 18.3 Å². The lowest BCUT2D eigenvalue weighted by Crippen LogP contribution is -2.40. The van der Waals surface area contributed by atoms with Crippen LogP contribution in [-0.4, -0.2) is 23.2 Å². The summed E-state index contributed by atoms with van der Waals surface area (Å²) in [7, 11) is 0. The lowest BCUT2D eigenvalue weighted by atomic mass is 9.96. The molecule has 0 unspecified atom stereocenters. The molecule has 4 rings (SSSR count). The van der Waals surface area contributed by atoms with Gasteiger partial charge in [-0.25, -0.2) is 9.79 Å². The summed E-state index contributed by atoms with van der Waals surface area (Å²) >= 11 is 12.3. The van der Waals surface area contributed by atoms with Gasteiger partial charge in [0.15, 0.2) is 4.80 Å². The van der Waals surface area contributed by atoms with Crippen LogP contribution in [0.2, 0.25) is 5.02 Å². The minimum atomic E-state index is -0.738. The fraction of sp³-hybridized carbons (Fsp3) is 0.269. The van der Waals surface area contributed by atoms with Gasteiger partial charge in [-0.2, -0.15) is 0 Å². The number of aromatic nitrogens is 1. The quantitative estimate of drug-likeness (QED) is 0.249. The Hall–Kier alpha value is -1.70. The van der Waals surface area contributed by atoms with Gasteiger partial charge in [-0.05, 0) is 108 Å². The zero-order valence-corrected chi connectivity index (χ0v) is 25.9. The monoisotopic (exact) mass is 748 g/mol. The fourth-order valence-corrected chi connectivity index (χ4v) is 7.30. The van der Waals surface area contributed by atoms with Crippen LogP contribution in [-0.2, 0) is 9.53 Å². The van der Waals surface area contributed by atoms with E-state index in [4.69, 9.17) is 21.1 Å². The van der Waals surface area contributed by atoms with Crippen molar-refractivity contribution in [2.24, 2.45) is 4.99 Å². The van der Waals surface area contributed by atoms with Gasteiger partial charge < -0.3 is 9.47 Å². The maximum atomic E-state index is 13.8. The van der Waals surface area contributed by atoms with E-state index in [9.17, 15) is 9.59 Å². The number of esters is 1. The van der Waals surface area contributed by atoms with E-state index >= 15 is 0 Å². The van der Waals surface area contributed by atoms with Crippen LogP contribution >= 0.6 is 68.1 Å². The minimum absolute atomic E-state index is 0.0585. The Balaban J connectivity index is 1.92. The molecule has 0 spiro atoms. The summed E-state index contributed by atoms with van der Waals surface area (Å²) in [5.74, 6) is 0.320. The van der Waals surface area contributed by atoms with E-state index in [1.165, 1.54) is 11.3 Å². The third-order valence-corrected chi connectivity index (χ3v) is 8.32. The number of carbonyl (C=O) groups is 1. The molecule has 0 aliphatic carbocycles. The van der Waals surface area contributed by atoms with E-state index in [2.05, 4.69) is 50.2 Å². The third-order valence-electron chi connectivity index (χ3n) is 5.39. The van der Waals surface area contributed by atoms with Gasteiger partial charge in [0.1, 0.15) is 11.8 Å². The Kier molecular flexibility index (Phi) is 8.63. The highest BCUT2D eigenvalue weighted by molar-refractivity contribution is 14.1. The van der Waals surface area contributed by atoms with Crippen LogP contribution in [0.25, 0.3) is 6.08 Å². The van der Waals surface area contributed by atoms with Crippen LogP contribution < -0.4 is 19.6 Å². The second-order valence-electron chi connectivity index (χ2n) is 8.30. The molecule has 1 aliphatic heterocycles. The third kappa shape index (κ3) is 5.44. The van der Waals surface area contributed by atoms with Gasteiger partial charge in [0.25, 0.3) is 5.56 Å². The molecular formula is C26H23ClI2N2O4S. The second kappa shape index (κ2) is 11.4. The molecule has 0 fully saturated rings. The molecule has 3 aromatic rings. The summed E-state index contributed by atoms with van der Waals surface area (Å²) in [4.78, 5) is 31.9. The van der Waals surface area contributed by atoms with E-state index in [1.54, 1.807) is 24.5 Å². The van der Waals surface area contributed by atoms with Gasteiger partial charge in [0, 0.05) is 5.02 Å². The lowest BCUT2D eigenvalue weighted by molar-refractivity contribution is -0.139. The van der Waals surface area contributed by atoms with Crippen LogP contribution in [0.3, 0.4) is 0 Å². The highest BCUT2D eigenvalue weighted by Gasteiger charge is 2.34. The number of halogens is 3.